The number of thiazole rings is 1. The molecule has 0 unspecified atom stereocenters. The molecule has 2 N–H and O–H groups in total. The van der Waals surface area contributed by atoms with Crippen LogP contribution in [-0.4, -0.2) is 29.8 Å². The number of aryl methyl sites for hydroxylation is 2. The van der Waals surface area contributed by atoms with Crippen molar-refractivity contribution >= 4 is 22.6 Å². The summed E-state index contributed by atoms with van der Waals surface area (Å²) in [6.07, 6.45) is 4.38. The van der Waals surface area contributed by atoms with Crippen molar-refractivity contribution in [2.24, 2.45) is 0 Å². The number of ether oxygens (including phenoxy) is 1. The second kappa shape index (κ2) is 8.90. The number of anilines is 1. The van der Waals surface area contributed by atoms with Crippen LogP contribution < -0.4 is 10.6 Å². The Morgan fingerprint density at radius 3 is 2.82 bits per heavy atom. The first-order valence-corrected chi connectivity index (χ1v) is 10.6. The maximum absolute atomic E-state index is 13.7. The molecule has 1 aromatic carbocycles. The van der Waals surface area contributed by atoms with Crippen molar-refractivity contribution < 1.29 is 13.9 Å². The Balaban J connectivity index is 1.48. The number of benzene rings is 1. The predicted octanol–water partition coefficient (Wildman–Crippen LogP) is 5.15. The summed E-state index contributed by atoms with van der Waals surface area (Å²) in [5.74, 6) is -0.216. The molecule has 0 saturated carbocycles. The first kappa shape index (κ1) is 20.6. The zero-order valence-electron chi connectivity index (χ0n) is 16.7. The number of carbonyl (C=O) groups excluding carboxylic acids is 1. The van der Waals surface area contributed by atoms with Gasteiger partial charge in [-0.3, -0.25) is 0 Å². The van der Waals surface area contributed by atoms with E-state index in [9.17, 15) is 9.18 Å². The average molecular weight is 406 g/mol. The molecule has 2 aromatic rings. The number of rotatable bonds is 6. The van der Waals surface area contributed by atoms with Crippen molar-refractivity contribution in [3.05, 3.63) is 34.5 Å². The molecule has 0 atom stereocenters. The standard InChI is InChI=1S/C21H28FN3O2S/c1-21(2,3)27-20(26)24-12-5-4-11-23-19-25-18-16-13-15(22)10-9-14(16)7-6-8-17(18)28-19/h9-10,13H,4-8,11-12H2,1-3H3,(H,23,25)(H,24,26). The smallest absolute Gasteiger partial charge is 0.407 e. The third kappa shape index (κ3) is 5.67. The van der Waals surface area contributed by atoms with Crippen LogP contribution in [0.5, 0.6) is 0 Å². The van der Waals surface area contributed by atoms with Crippen molar-refractivity contribution in [3.63, 3.8) is 0 Å². The minimum atomic E-state index is -0.476. The molecule has 1 amide bonds. The Bertz CT molecular complexity index is 830. The van der Waals surface area contributed by atoms with Crippen molar-refractivity contribution in [1.82, 2.24) is 10.3 Å². The summed E-state index contributed by atoms with van der Waals surface area (Å²) in [6, 6.07) is 5.01. The van der Waals surface area contributed by atoms with Crippen LogP contribution in [0.25, 0.3) is 11.3 Å². The van der Waals surface area contributed by atoms with Crippen LogP contribution >= 0.6 is 11.3 Å². The van der Waals surface area contributed by atoms with Crippen LogP contribution in [0.15, 0.2) is 18.2 Å². The van der Waals surface area contributed by atoms with Crippen molar-refractivity contribution in [2.75, 3.05) is 18.4 Å². The van der Waals surface area contributed by atoms with Gasteiger partial charge in [-0.1, -0.05) is 6.07 Å². The average Bonchev–Trinajstić information content (AvgIpc) is 2.93. The minimum absolute atomic E-state index is 0.216. The third-order valence-electron chi connectivity index (χ3n) is 4.42. The van der Waals surface area contributed by atoms with Gasteiger partial charge in [-0.05, 0) is 70.6 Å². The molecule has 1 aliphatic carbocycles. The molecule has 3 rings (SSSR count). The Labute approximate surface area is 169 Å². The number of fused-ring (bicyclic) bond motifs is 3. The van der Waals surface area contributed by atoms with Gasteiger partial charge in [0.1, 0.15) is 11.4 Å². The third-order valence-corrected chi connectivity index (χ3v) is 5.50. The molecule has 1 aliphatic rings. The molecule has 7 heteroatoms. The lowest BCUT2D eigenvalue weighted by molar-refractivity contribution is 0.0527. The van der Waals surface area contributed by atoms with Crippen LogP contribution in [-0.2, 0) is 17.6 Å². The second-order valence-electron chi connectivity index (χ2n) is 8.01. The highest BCUT2D eigenvalue weighted by molar-refractivity contribution is 7.16. The number of hydrogen-bond acceptors (Lipinski definition) is 5. The summed E-state index contributed by atoms with van der Waals surface area (Å²) in [5.41, 5.74) is 2.55. The van der Waals surface area contributed by atoms with E-state index < -0.39 is 5.60 Å². The highest BCUT2D eigenvalue weighted by atomic mass is 32.1. The van der Waals surface area contributed by atoms with Gasteiger partial charge in [-0.15, -0.1) is 11.3 Å². The van der Waals surface area contributed by atoms with E-state index in [2.05, 4.69) is 10.6 Å². The molecule has 1 heterocycles. The van der Waals surface area contributed by atoms with Crippen LogP contribution in [0.3, 0.4) is 0 Å². The number of amides is 1. The molecule has 0 saturated heterocycles. The maximum Gasteiger partial charge on any atom is 0.407 e. The molecular weight excluding hydrogens is 377 g/mol. The molecular formula is C21H28FN3O2S. The number of carbonyl (C=O) groups is 1. The van der Waals surface area contributed by atoms with Gasteiger partial charge in [0.15, 0.2) is 5.13 Å². The SMILES string of the molecule is CC(C)(C)OC(=O)NCCCCNc1nc2c(s1)CCCc1ccc(F)cc1-2. The number of nitrogens with one attached hydrogen (secondary N) is 2. The second-order valence-corrected chi connectivity index (χ2v) is 9.09. The van der Waals surface area contributed by atoms with E-state index in [1.54, 1.807) is 17.4 Å². The van der Waals surface area contributed by atoms with Crippen molar-refractivity contribution in [2.45, 2.75) is 58.5 Å². The van der Waals surface area contributed by atoms with E-state index in [4.69, 9.17) is 9.72 Å². The summed E-state index contributed by atoms with van der Waals surface area (Å²) in [6.45, 7) is 6.90. The Hall–Kier alpha value is -2.15. The normalized spacial score (nSPS) is 13.3. The van der Waals surface area contributed by atoms with Gasteiger partial charge in [-0.25, -0.2) is 14.2 Å². The Morgan fingerprint density at radius 2 is 2.04 bits per heavy atom. The summed E-state index contributed by atoms with van der Waals surface area (Å²) in [7, 11) is 0. The fourth-order valence-corrected chi connectivity index (χ4v) is 4.23. The quantitative estimate of drug-likeness (QED) is 0.652. The van der Waals surface area contributed by atoms with Gasteiger partial charge in [0.05, 0.1) is 5.69 Å². The number of unbranched alkanes of at least 4 members (excludes halogenated alkanes) is 1. The summed E-state index contributed by atoms with van der Waals surface area (Å²) in [4.78, 5) is 17.5. The molecule has 28 heavy (non-hydrogen) atoms. The van der Waals surface area contributed by atoms with Crippen LogP contribution in [0.1, 0.15) is 50.5 Å². The van der Waals surface area contributed by atoms with Gasteiger partial charge in [-0.2, -0.15) is 0 Å². The van der Waals surface area contributed by atoms with E-state index >= 15 is 0 Å². The van der Waals surface area contributed by atoms with Gasteiger partial charge in [0.2, 0.25) is 0 Å². The molecule has 0 aliphatic heterocycles. The molecule has 0 fully saturated rings. The molecule has 0 spiro atoms. The highest BCUT2D eigenvalue weighted by Gasteiger charge is 2.20. The lowest BCUT2D eigenvalue weighted by atomic mass is 10.0. The summed E-state index contributed by atoms with van der Waals surface area (Å²) >= 11 is 1.66. The number of aromatic nitrogens is 1. The molecule has 152 valence electrons. The van der Waals surface area contributed by atoms with E-state index in [0.29, 0.717) is 6.54 Å². The fourth-order valence-electron chi connectivity index (χ4n) is 3.18. The first-order chi connectivity index (χ1) is 13.3. The molecule has 0 radical (unpaired) electrons. The number of hydrogen-bond donors (Lipinski definition) is 2. The predicted molar refractivity (Wildman–Crippen MR) is 111 cm³/mol. The molecule has 5 nitrogen and oxygen atoms in total. The van der Waals surface area contributed by atoms with Gasteiger partial charge >= 0.3 is 6.09 Å². The van der Waals surface area contributed by atoms with Crippen LogP contribution in [0.4, 0.5) is 14.3 Å². The van der Waals surface area contributed by atoms with Crippen molar-refractivity contribution in [1.29, 1.82) is 0 Å². The monoisotopic (exact) mass is 405 g/mol. The summed E-state index contributed by atoms with van der Waals surface area (Å²) < 4.78 is 18.9. The highest BCUT2D eigenvalue weighted by Crippen LogP contribution is 2.37. The Kier molecular flexibility index (Phi) is 6.54. The van der Waals surface area contributed by atoms with E-state index in [1.807, 2.05) is 26.8 Å². The fraction of sp³-hybridized carbons (Fsp3) is 0.524. The number of alkyl carbamates (subject to hydrolysis) is 1. The molecule has 0 bridgehead atoms. The molecule has 1 aromatic heterocycles. The van der Waals surface area contributed by atoms with Gasteiger partial charge in [0.25, 0.3) is 0 Å². The lowest BCUT2D eigenvalue weighted by Gasteiger charge is -2.19. The largest absolute Gasteiger partial charge is 0.444 e. The van der Waals surface area contributed by atoms with E-state index in [-0.39, 0.29) is 11.9 Å². The van der Waals surface area contributed by atoms with Gasteiger partial charge < -0.3 is 15.4 Å². The lowest BCUT2D eigenvalue weighted by Crippen LogP contribution is -2.33. The zero-order chi connectivity index (χ0) is 20.1. The van der Waals surface area contributed by atoms with E-state index in [1.165, 1.54) is 16.5 Å². The zero-order valence-corrected chi connectivity index (χ0v) is 17.5. The summed E-state index contributed by atoms with van der Waals surface area (Å²) in [5, 5.41) is 7.00. The first-order valence-electron chi connectivity index (χ1n) is 9.81. The van der Waals surface area contributed by atoms with Crippen molar-refractivity contribution in [3.8, 4) is 11.3 Å². The van der Waals surface area contributed by atoms with Gasteiger partial charge in [0, 0.05) is 23.5 Å². The maximum atomic E-state index is 13.7. The number of nitrogens with zero attached hydrogens (tertiary/aromatic N) is 1. The number of halogens is 1. The van der Waals surface area contributed by atoms with E-state index in [0.717, 1.165) is 55.0 Å². The van der Waals surface area contributed by atoms with Crippen LogP contribution in [0, 0.1) is 5.82 Å². The minimum Gasteiger partial charge on any atom is -0.444 e. The topological polar surface area (TPSA) is 63.2 Å². The van der Waals surface area contributed by atoms with Crippen LogP contribution in [0.2, 0.25) is 0 Å². The Morgan fingerprint density at radius 1 is 1.25 bits per heavy atom.